The summed E-state index contributed by atoms with van der Waals surface area (Å²) < 4.78 is 10.7. The van der Waals surface area contributed by atoms with Gasteiger partial charge in [-0.1, -0.05) is 0 Å². The van der Waals surface area contributed by atoms with Crippen LogP contribution in [0, 0.1) is 13.8 Å². The molecule has 0 spiro atoms. The lowest BCUT2D eigenvalue weighted by Gasteiger charge is -2.56. The average molecular weight is 381 g/mol. The average Bonchev–Trinajstić information content (AvgIpc) is 3.13. The van der Waals surface area contributed by atoms with E-state index in [1.165, 1.54) is 0 Å². The summed E-state index contributed by atoms with van der Waals surface area (Å²) in [6, 6.07) is 8.27. The molecule has 8 heteroatoms. The van der Waals surface area contributed by atoms with Crippen molar-refractivity contribution < 1.29 is 14.3 Å². The maximum atomic E-state index is 12.5. The number of ether oxygens (including phenoxy) is 2. The Bertz CT molecular complexity index is 902. The highest BCUT2D eigenvalue weighted by Gasteiger charge is 2.45. The Morgan fingerprint density at radius 3 is 2.71 bits per heavy atom. The van der Waals surface area contributed by atoms with Crippen LogP contribution in [-0.2, 0) is 4.79 Å². The Kier molecular flexibility index (Phi) is 4.08. The first-order valence-corrected chi connectivity index (χ1v) is 9.57. The molecule has 146 valence electrons. The zero-order valence-corrected chi connectivity index (χ0v) is 16.0. The third-order valence-corrected chi connectivity index (χ3v) is 5.60. The zero-order valence-electron chi connectivity index (χ0n) is 16.0. The summed E-state index contributed by atoms with van der Waals surface area (Å²) in [5.74, 6) is 3.17. The first kappa shape index (κ1) is 17.2. The SMILES string of the molecule is Cc1cc(N2CC3CC(C2)N3CC(=O)Nc2ccc3c(c2)OCO3)nc(C)n1. The van der Waals surface area contributed by atoms with Crippen LogP contribution in [0.4, 0.5) is 11.5 Å². The third-order valence-electron chi connectivity index (χ3n) is 5.60. The van der Waals surface area contributed by atoms with E-state index in [2.05, 4.69) is 25.1 Å². The Morgan fingerprint density at radius 2 is 1.93 bits per heavy atom. The molecule has 1 aromatic heterocycles. The predicted octanol–water partition coefficient (Wildman–Crippen LogP) is 1.72. The second-order valence-corrected chi connectivity index (χ2v) is 7.65. The standard InChI is InChI=1S/C20H23N5O3/c1-12-5-19(22-13(2)21-12)24-8-15-7-16(9-24)25(15)10-20(26)23-14-3-4-17-18(6-14)28-11-27-17/h3-6,15-16H,7-11H2,1-2H3,(H,23,26). The summed E-state index contributed by atoms with van der Waals surface area (Å²) in [7, 11) is 0. The molecular weight excluding hydrogens is 358 g/mol. The zero-order chi connectivity index (χ0) is 19.3. The van der Waals surface area contributed by atoms with E-state index in [4.69, 9.17) is 9.47 Å². The summed E-state index contributed by atoms with van der Waals surface area (Å²) in [6.45, 7) is 6.34. The number of carbonyl (C=O) groups excluding carboxylic acids is 1. The van der Waals surface area contributed by atoms with Crippen molar-refractivity contribution in [3.8, 4) is 11.5 Å². The number of hydrogen-bond acceptors (Lipinski definition) is 7. The molecule has 1 amide bonds. The number of nitrogens with zero attached hydrogens (tertiary/aromatic N) is 4. The lowest BCUT2D eigenvalue weighted by atomic mass is 9.87. The van der Waals surface area contributed by atoms with E-state index >= 15 is 0 Å². The first-order chi connectivity index (χ1) is 13.5. The summed E-state index contributed by atoms with van der Waals surface area (Å²) in [6.07, 6.45) is 1.14. The quantitative estimate of drug-likeness (QED) is 0.864. The number of amides is 1. The minimum Gasteiger partial charge on any atom is -0.454 e. The van der Waals surface area contributed by atoms with E-state index in [0.29, 0.717) is 30.1 Å². The Morgan fingerprint density at radius 1 is 1.14 bits per heavy atom. The van der Waals surface area contributed by atoms with Crippen molar-refractivity contribution in [3.63, 3.8) is 0 Å². The summed E-state index contributed by atoms with van der Waals surface area (Å²) in [5, 5.41) is 2.97. The molecule has 3 saturated heterocycles. The number of rotatable bonds is 4. The number of carbonyl (C=O) groups is 1. The maximum absolute atomic E-state index is 12.5. The first-order valence-electron chi connectivity index (χ1n) is 9.57. The second-order valence-electron chi connectivity index (χ2n) is 7.65. The molecule has 2 unspecified atom stereocenters. The fourth-order valence-corrected chi connectivity index (χ4v) is 4.33. The molecule has 2 aromatic rings. The van der Waals surface area contributed by atoms with Gasteiger partial charge in [0.15, 0.2) is 11.5 Å². The van der Waals surface area contributed by atoms with Crippen LogP contribution >= 0.6 is 0 Å². The largest absolute Gasteiger partial charge is 0.454 e. The van der Waals surface area contributed by atoms with Gasteiger partial charge < -0.3 is 19.7 Å². The van der Waals surface area contributed by atoms with Gasteiger partial charge in [-0.2, -0.15) is 0 Å². The number of anilines is 2. The Hall–Kier alpha value is -2.87. The van der Waals surface area contributed by atoms with Crippen molar-refractivity contribution >= 4 is 17.4 Å². The van der Waals surface area contributed by atoms with E-state index in [-0.39, 0.29) is 12.7 Å². The molecule has 4 aliphatic rings. The van der Waals surface area contributed by atoms with Gasteiger partial charge in [0.1, 0.15) is 11.6 Å². The molecular formula is C20H23N5O3. The van der Waals surface area contributed by atoms with Crippen LogP contribution in [0.5, 0.6) is 11.5 Å². The molecule has 3 fully saturated rings. The normalized spacial score (nSPS) is 22.7. The van der Waals surface area contributed by atoms with E-state index in [9.17, 15) is 4.79 Å². The van der Waals surface area contributed by atoms with Gasteiger partial charge in [0.2, 0.25) is 12.7 Å². The number of hydrogen-bond donors (Lipinski definition) is 1. The van der Waals surface area contributed by atoms with E-state index in [0.717, 1.165) is 42.5 Å². The highest BCUT2D eigenvalue weighted by atomic mass is 16.7. The lowest BCUT2D eigenvalue weighted by molar-refractivity contribution is -0.121. The maximum Gasteiger partial charge on any atom is 0.238 e. The number of piperidine rings is 1. The van der Waals surface area contributed by atoms with Crippen LogP contribution in [-0.4, -0.2) is 59.3 Å². The number of aryl methyl sites for hydroxylation is 2. The fraction of sp³-hybridized carbons (Fsp3) is 0.450. The number of fused-ring (bicyclic) bond motifs is 3. The molecule has 1 aromatic carbocycles. The molecule has 1 N–H and O–H groups in total. The molecule has 28 heavy (non-hydrogen) atoms. The van der Waals surface area contributed by atoms with E-state index in [1.807, 2.05) is 32.0 Å². The highest BCUT2D eigenvalue weighted by molar-refractivity contribution is 5.92. The minimum absolute atomic E-state index is 0.00394. The van der Waals surface area contributed by atoms with Crippen LogP contribution in [0.2, 0.25) is 0 Å². The number of benzene rings is 1. The van der Waals surface area contributed by atoms with E-state index < -0.39 is 0 Å². The molecule has 4 aliphatic heterocycles. The Balaban J connectivity index is 1.19. The van der Waals surface area contributed by atoms with Gasteiger partial charge in [-0.25, -0.2) is 9.97 Å². The van der Waals surface area contributed by atoms with Crippen LogP contribution in [0.25, 0.3) is 0 Å². The minimum atomic E-state index is -0.00394. The number of aromatic nitrogens is 2. The van der Waals surface area contributed by atoms with Crippen molar-refractivity contribution in [1.29, 1.82) is 0 Å². The molecule has 2 bridgehead atoms. The number of nitrogens with one attached hydrogen (secondary N) is 1. The monoisotopic (exact) mass is 381 g/mol. The topological polar surface area (TPSA) is 79.8 Å². The van der Waals surface area contributed by atoms with Gasteiger partial charge in [0, 0.05) is 48.7 Å². The molecule has 0 aliphatic carbocycles. The van der Waals surface area contributed by atoms with Gasteiger partial charge in [0.05, 0.1) is 6.54 Å². The van der Waals surface area contributed by atoms with Crippen molar-refractivity contribution in [2.24, 2.45) is 0 Å². The van der Waals surface area contributed by atoms with Crippen LogP contribution in [0.1, 0.15) is 17.9 Å². The summed E-state index contributed by atoms with van der Waals surface area (Å²) >= 11 is 0. The molecule has 0 radical (unpaired) electrons. The lowest BCUT2D eigenvalue weighted by Crippen LogP contribution is -2.69. The Labute approximate surface area is 163 Å². The van der Waals surface area contributed by atoms with Crippen molar-refractivity contribution in [1.82, 2.24) is 14.9 Å². The fourth-order valence-electron chi connectivity index (χ4n) is 4.33. The summed E-state index contributed by atoms with van der Waals surface area (Å²) in [5.41, 5.74) is 1.72. The van der Waals surface area contributed by atoms with Gasteiger partial charge in [-0.3, -0.25) is 9.69 Å². The van der Waals surface area contributed by atoms with Gasteiger partial charge in [0.25, 0.3) is 0 Å². The van der Waals surface area contributed by atoms with Crippen LogP contribution in [0.3, 0.4) is 0 Å². The molecule has 8 nitrogen and oxygen atoms in total. The van der Waals surface area contributed by atoms with Crippen molar-refractivity contribution in [2.75, 3.05) is 36.6 Å². The van der Waals surface area contributed by atoms with Gasteiger partial charge >= 0.3 is 0 Å². The van der Waals surface area contributed by atoms with E-state index in [1.54, 1.807) is 6.07 Å². The molecule has 6 rings (SSSR count). The van der Waals surface area contributed by atoms with Crippen molar-refractivity contribution in [3.05, 3.63) is 35.8 Å². The highest BCUT2D eigenvalue weighted by Crippen LogP contribution is 2.35. The third kappa shape index (κ3) is 3.13. The van der Waals surface area contributed by atoms with Crippen molar-refractivity contribution in [2.45, 2.75) is 32.4 Å². The molecule has 0 saturated carbocycles. The van der Waals surface area contributed by atoms with Crippen LogP contribution in [0.15, 0.2) is 24.3 Å². The number of piperazine rings is 1. The van der Waals surface area contributed by atoms with Gasteiger partial charge in [-0.15, -0.1) is 0 Å². The summed E-state index contributed by atoms with van der Waals surface area (Å²) in [4.78, 5) is 26.1. The van der Waals surface area contributed by atoms with Crippen LogP contribution < -0.4 is 19.7 Å². The second kappa shape index (κ2) is 6.63. The molecule has 5 heterocycles. The van der Waals surface area contributed by atoms with Gasteiger partial charge in [-0.05, 0) is 32.4 Å². The molecule has 2 atom stereocenters. The smallest absolute Gasteiger partial charge is 0.238 e. The predicted molar refractivity (Wildman–Crippen MR) is 104 cm³/mol.